The van der Waals surface area contributed by atoms with Gasteiger partial charge in [0.05, 0.1) is 10.2 Å². The van der Waals surface area contributed by atoms with Gasteiger partial charge in [0, 0.05) is 12.1 Å². The Morgan fingerprint density at radius 3 is 2.52 bits per heavy atom. The highest BCUT2D eigenvalue weighted by atomic mass is 32.1. The van der Waals surface area contributed by atoms with Crippen molar-refractivity contribution in [2.24, 2.45) is 0 Å². The number of hydrogen-bond acceptors (Lipinski definition) is 4. The molecule has 0 saturated heterocycles. The number of aromatic nitrogens is 1. The molecule has 0 fully saturated rings. The minimum Gasteiger partial charge on any atom is -0.309 e. The van der Waals surface area contributed by atoms with E-state index in [-0.39, 0.29) is 5.91 Å². The molecule has 1 heterocycles. The van der Waals surface area contributed by atoms with Crippen LogP contribution in [0, 0.1) is 6.92 Å². The Labute approximate surface area is 175 Å². The van der Waals surface area contributed by atoms with E-state index in [0.29, 0.717) is 6.54 Å². The minimum absolute atomic E-state index is 0.0114. The quantitative estimate of drug-likeness (QED) is 0.435. The molecule has 0 aliphatic rings. The van der Waals surface area contributed by atoms with Gasteiger partial charge < -0.3 is 4.90 Å². The molecule has 4 nitrogen and oxygen atoms in total. The van der Waals surface area contributed by atoms with Crippen molar-refractivity contribution >= 4 is 43.4 Å². The molecule has 1 amide bonds. The number of rotatable bonds is 6. The molecule has 0 N–H and O–H groups in total. The molecular weight excluding hydrogens is 378 g/mol. The Kier molecular flexibility index (Phi) is 5.60. The molecule has 0 saturated carbocycles. The topological polar surface area (TPSA) is 36.4 Å². The summed E-state index contributed by atoms with van der Waals surface area (Å²) in [5.74, 6) is 0.0114. The summed E-state index contributed by atoms with van der Waals surface area (Å²) in [5, 5.41) is 2.83. The highest BCUT2D eigenvalue weighted by Gasteiger charge is 2.23. The number of fused-ring (bicyclic) bond motifs is 2. The van der Waals surface area contributed by atoms with Crippen LogP contribution in [-0.2, 0) is 0 Å². The molecule has 0 spiro atoms. The number of nitrogens with zero attached hydrogens (tertiary/aromatic N) is 3. The maximum atomic E-state index is 13.7. The van der Waals surface area contributed by atoms with E-state index in [9.17, 15) is 4.79 Å². The molecule has 3 aromatic carbocycles. The second kappa shape index (κ2) is 8.31. The number of para-hydroxylation sites is 1. The standard InChI is InChI=1S/C24H25N3OS/c1-17-9-6-14-21-22(17)25-24(29-21)27(16-8-15-26(2)3)23(28)20-13-7-11-18-10-4-5-12-19(18)20/h4-7,9-14H,8,15-16H2,1-3H3. The van der Waals surface area contributed by atoms with Gasteiger partial charge in [-0.2, -0.15) is 0 Å². The fourth-order valence-corrected chi connectivity index (χ4v) is 4.64. The Morgan fingerprint density at radius 2 is 1.72 bits per heavy atom. The molecule has 29 heavy (non-hydrogen) atoms. The second-order valence-electron chi connectivity index (χ2n) is 7.56. The van der Waals surface area contributed by atoms with Gasteiger partial charge in [-0.25, -0.2) is 4.98 Å². The molecule has 0 aliphatic heterocycles. The first-order valence-electron chi connectivity index (χ1n) is 9.85. The first-order valence-corrected chi connectivity index (χ1v) is 10.7. The highest BCUT2D eigenvalue weighted by molar-refractivity contribution is 7.22. The third-order valence-electron chi connectivity index (χ3n) is 5.09. The van der Waals surface area contributed by atoms with Crippen LogP contribution < -0.4 is 4.90 Å². The van der Waals surface area contributed by atoms with Crippen LogP contribution in [0.15, 0.2) is 60.7 Å². The van der Waals surface area contributed by atoms with E-state index in [0.717, 1.165) is 50.2 Å². The zero-order valence-corrected chi connectivity index (χ0v) is 17.9. The van der Waals surface area contributed by atoms with Gasteiger partial charge in [-0.15, -0.1) is 0 Å². The van der Waals surface area contributed by atoms with Crippen LogP contribution in [-0.4, -0.2) is 43.0 Å². The van der Waals surface area contributed by atoms with Gasteiger partial charge in [0.25, 0.3) is 5.91 Å². The molecule has 4 rings (SSSR count). The van der Waals surface area contributed by atoms with E-state index < -0.39 is 0 Å². The van der Waals surface area contributed by atoms with Crippen molar-refractivity contribution in [3.8, 4) is 0 Å². The molecule has 0 aliphatic carbocycles. The number of thiazole rings is 1. The molecular formula is C24H25N3OS. The van der Waals surface area contributed by atoms with Crippen molar-refractivity contribution in [2.75, 3.05) is 32.1 Å². The number of anilines is 1. The van der Waals surface area contributed by atoms with Gasteiger partial charge in [0.1, 0.15) is 0 Å². The summed E-state index contributed by atoms with van der Waals surface area (Å²) < 4.78 is 1.11. The summed E-state index contributed by atoms with van der Waals surface area (Å²) in [4.78, 5) is 22.5. The van der Waals surface area contributed by atoms with Crippen LogP contribution in [0.4, 0.5) is 5.13 Å². The number of benzene rings is 3. The summed E-state index contributed by atoms with van der Waals surface area (Å²) >= 11 is 1.59. The highest BCUT2D eigenvalue weighted by Crippen LogP contribution is 2.32. The lowest BCUT2D eigenvalue weighted by molar-refractivity contribution is 0.0987. The monoisotopic (exact) mass is 403 g/mol. The fraction of sp³-hybridized carbons (Fsp3) is 0.250. The predicted octanol–water partition coefficient (Wildman–Crippen LogP) is 5.36. The van der Waals surface area contributed by atoms with Crippen molar-refractivity contribution in [1.29, 1.82) is 0 Å². The zero-order valence-electron chi connectivity index (χ0n) is 17.1. The van der Waals surface area contributed by atoms with Crippen molar-refractivity contribution in [3.63, 3.8) is 0 Å². The fourth-order valence-electron chi connectivity index (χ4n) is 3.58. The first kappa shape index (κ1) is 19.6. The Bertz CT molecular complexity index is 1160. The van der Waals surface area contributed by atoms with Crippen LogP contribution >= 0.6 is 11.3 Å². The SMILES string of the molecule is Cc1cccc2sc(N(CCCN(C)C)C(=O)c3cccc4ccccc34)nc12. The maximum absolute atomic E-state index is 13.7. The minimum atomic E-state index is 0.0114. The smallest absolute Gasteiger partial charge is 0.260 e. The first-order chi connectivity index (χ1) is 14.0. The molecule has 0 radical (unpaired) electrons. The predicted molar refractivity (Wildman–Crippen MR) is 123 cm³/mol. The van der Waals surface area contributed by atoms with E-state index in [1.54, 1.807) is 11.3 Å². The third kappa shape index (κ3) is 4.02. The maximum Gasteiger partial charge on any atom is 0.260 e. The molecule has 1 aromatic heterocycles. The van der Waals surface area contributed by atoms with Crippen molar-refractivity contribution in [2.45, 2.75) is 13.3 Å². The van der Waals surface area contributed by atoms with Crippen molar-refractivity contribution in [1.82, 2.24) is 9.88 Å². The Morgan fingerprint density at radius 1 is 0.966 bits per heavy atom. The van der Waals surface area contributed by atoms with Crippen LogP contribution in [0.1, 0.15) is 22.3 Å². The van der Waals surface area contributed by atoms with Gasteiger partial charge in [-0.05, 0) is 62.5 Å². The number of aryl methyl sites for hydroxylation is 1. The van der Waals surface area contributed by atoms with Crippen LogP contribution in [0.2, 0.25) is 0 Å². The average Bonchev–Trinajstić information content (AvgIpc) is 3.15. The van der Waals surface area contributed by atoms with Gasteiger partial charge in [-0.1, -0.05) is 59.9 Å². The molecule has 0 bridgehead atoms. The molecule has 4 aromatic rings. The number of carbonyl (C=O) groups excluding carboxylic acids is 1. The van der Waals surface area contributed by atoms with Crippen molar-refractivity contribution in [3.05, 3.63) is 71.8 Å². The normalized spacial score (nSPS) is 11.4. The van der Waals surface area contributed by atoms with Crippen molar-refractivity contribution < 1.29 is 4.79 Å². The van der Waals surface area contributed by atoms with E-state index in [4.69, 9.17) is 4.98 Å². The van der Waals surface area contributed by atoms with E-state index >= 15 is 0 Å². The second-order valence-corrected chi connectivity index (χ2v) is 8.57. The third-order valence-corrected chi connectivity index (χ3v) is 6.14. The van der Waals surface area contributed by atoms with Crippen LogP contribution in [0.25, 0.3) is 21.0 Å². The lowest BCUT2D eigenvalue weighted by Crippen LogP contribution is -2.33. The van der Waals surface area contributed by atoms with E-state index in [1.165, 1.54) is 0 Å². The number of amides is 1. The molecule has 0 atom stereocenters. The van der Waals surface area contributed by atoms with E-state index in [2.05, 4.69) is 38.1 Å². The van der Waals surface area contributed by atoms with Gasteiger partial charge in [0.2, 0.25) is 0 Å². The van der Waals surface area contributed by atoms with Gasteiger partial charge in [-0.3, -0.25) is 9.69 Å². The zero-order chi connectivity index (χ0) is 20.4. The lowest BCUT2D eigenvalue weighted by Gasteiger charge is -2.22. The van der Waals surface area contributed by atoms with Crippen LogP contribution in [0.5, 0.6) is 0 Å². The summed E-state index contributed by atoms with van der Waals surface area (Å²) in [6.07, 6.45) is 0.887. The number of carbonyl (C=O) groups is 1. The summed E-state index contributed by atoms with van der Waals surface area (Å²) in [7, 11) is 4.11. The van der Waals surface area contributed by atoms with E-state index in [1.807, 2.05) is 53.4 Å². The number of hydrogen-bond donors (Lipinski definition) is 0. The van der Waals surface area contributed by atoms with Gasteiger partial charge in [0.15, 0.2) is 5.13 Å². The molecule has 148 valence electrons. The average molecular weight is 404 g/mol. The molecule has 0 unspecified atom stereocenters. The largest absolute Gasteiger partial charge is 0.309 e. The summed E-state index contributed by atoms with van der Waals surface area (Å²) in [5.41, 5.74) is 2.84. The Hall–Kier alpha value is -2.76. The van der Waals surface area contributed by atoms with Gasteiger partial charge >= 0.3 is 0 Å². The summed E-state index contributed by atoms with van der Waals surface area (Å²) in [6.45, 7) is 3.62. The van der Waals surface area contributed by atoms with Crippen LogP contribution in [0.3, 0.4) is 0 Å². The Balaban J connectivity index is 1.76. The molecule has 5 heteroatoms. The summed E-state index contributed by atoms with van der Waals surface area (Å²) in [6, 6.07) is 20.1. The lowest BCUT2D eigenvalue weighted by atomic mass is 10.0.